The molecule has 1 rings (SSSR count). The molecule has 2 nitrogen and oxygen atoms in total. The number of ether oxygens (including phenoxy) is 1. The summed E-state index contributed by atoms with van der Waals surface area (Å²) >= 11 is 0. The van der Waals surface area contributed by atoms with E-state index in [9.17, 15) is 4.39 Å². The summed E-state index contributed by atoms with van der Waals surface area (Å²) in [6.45, 7) is 1.68. The van der Waals surface area contributed by atoms with Gasteiger partial charge in [-0.15, -0.1) is 0 Å². The summed E-state index contributed by atoms with van der Waals surface area (Å²) in [5.41, 5.74) is 0. The van der Waals surface area contributed by atoms with Crippen molar-refractivity contribution in [3.8, 4) is 0 Å². The summed E-state index contributed by atoms with van der Waals surface area (Å²) in [5, 5.41) is 0. The van der Waals surface area contributed by atoms with Gasteiger partial charge in [0.15, 0.2) is 0 Å². The van der Waals surface area contributed by atoms with Crippen LogP contribution in [0.4, 0.5) is 4.39 Å². The van der Waals surface area contributed by atoms with E-state index in [1.807, 2.05) is 14.1 Å². The van der Waals surface area contributed by atoms with Crippen LogP contribution in [0.3, 0.4) is 0 Å². The van der Waals surface area contributed by atoms with Crippen molar-refractivity contribution in [1.29, 1.82) is 0 Å². The average molecular weight is 187 g/mol. The van der Waals surface area contributed by atoms with Gasteiger partial charge >= 0.3 is 0 Å². The van der Waals surface area contributed by atoms with Gasteiger partial charge in [-0.25, -0.2) is 4.39 Å². The molecule has 0 aromatic rings. The zero-order valence-electron chi connectivity index (χ0n) is 8.42. The molecule has 1 unspecified atom stereocenters. The maximum Gasteiger partial charge on any atom is 0.0961 e. The monoisotopic (exact) mass is 187 g/mol. The van der Waals surface area contributed by atoms with Crippen molar-refractivity contribution in [2.75, 3.05) is 27.2 Å². The molecule has 0 spiro atoms. The van der Waals surface area contributed by atoms with Gasteiger partial charge in [0.1, 0.15) is 0 Å². The molecule has 13 heavy (non-hydrogen) atoms. The molecule has 0 radical (unpaired) electrons. The van der Waals surface area contributed by atoms with Crippen LogP contribution in [0.15, 0.2) is 11.9 Å². The molecule has 3 heteroatoms. The molecule has 0 aliphatic heterocycles. The summed E-state index contributed by atoms with van der Waals surface area (Å²) in [4.78, 5) is 2.08. The van der Waals surface area contributed by atoms with E-state index in [4.69, 9.17) is 4.74 Å². The minimum Gasteiger partial charge on any atom is -0.377 e. The second kappa shape index (κ2) is 5.35. The number of likely N-dealkylation sites (N-methyl/N-ethyl adjacent to an activating group) is 1. The Kier molecular flexibility index (Phi) is 4.39. The number of rotatable bonds is 4. The molecular weight excluding hydrogens is 169 g/mol. The number of nitrogens with zero attached hydrogens (tertiary/aromatic N) is 1. The molecule has 1 atom stereocenters. The quantitative estimate of drug-likeness (QED) is 0.667. The zero-order valence-corrected chi connectivity index (χ0v) is 8.42. The predicted octanol–water partition coefficient (Wildman–Crippen LogP) is 1.97. The Balaban J connectivity index is 2.10. The number of halogens is 1. The van der Waals surface area contributed by atoms with E-state index in [1.165, 1.54) is 0 Å². The van der Waals surface area contributed by atoms with Gasteiger partial charge in [0, 0.05) is 13.0 Å². The highest BCUT2D eigenvalue weighted by Gasteiger charge is 2.14. The maximum absolute atomic E-state index is 12.6. The van der Waals surface area contributed by atoms with Crippen molar-refractivity contribution in [1.82, 2.24) is 4.90 Å². The average Bonchev–Trinajstić information content (AvgIpc) is 2.08. The van der Waals surface area contributed by atoms with Gasteiger partial charge in [-0.2, -0.15) is 0 Å². The van der Waals surface area contributed by atoms with Crippen molar-refractivity contribution in [3.63, 3.8) is 0 Å². The Morgan fingerprint density at radius 3 is 2.92 bits per heavy atom. The highest BCUT2D eigenvalue weighted by Crippen LogP contribution is 2.20. The van der Waals surface area contributed by atoms with E-state index < -0.39 is 0 Å². The molecule has 0 saturated carbocycles. The number of hydrogen-bond acceptors (Lipinski definition) is 2. The summed E-state index contributed by atoms with van der Waals surface area (Å²) in [6.07, 6.45) is 3.99. The summed E-state index contributed by atoms with van der Waals surface area (Å²) in [6, 6.07) is 0. The summed E-state index contributed by atoms with van der Waals surface area (Å²) in [7, 11) is 4.04. The fourth-order valence-corrected chi connectivity index (χ4v) is 1.33. The normalized spacial score (nSPS) is 23.4. The van der Waals surface area contributed by atoms with Crippen LogP contribution in [0.25, 0.3) is 0 Å². The molecule has 0 aromatic carbocycles. The number of hydrogen-bond donors (Lipinski definition) is 0. The molecule has 1 aliphatic carbocycles. The summed E-state index contributed by atoms with van der Waals surface area (Å²) < 4.78 is 18.2. The van der Waals surface area contributed by atoms with Gasteiger partial charge in [0.05, 0.1) is 18.5 Å². The Hall–Kier alpha value is -0.410. The van der Waals surface area contributed by atoms with Crippen LogP contribution < -0.4 is 0 Å². The molecule has 0 N–H and O–H groups in total. The van der Waals surface area contributed by atoms with Crippen molar-refractivity contribution >= 4 is 0 Å². The molecule has 0 heterocycles. The van der Waals surface area contributed by atoms with E-state index >= 15 is 0 Å². The van der Waals surface area contributed by atoms with Gasteiger partial charge in [0.25, 0.3) is 0 Å². The third-order valence-corrected chi connectivity index (χ3v) is 2.20. The SMILES string of the molecule is CN(C)CCOC1CC=C(F)CC1. The van der Waals surface area contributed by atoms with E-state index in [-0.39, 0.29) is 11.9 Å². The van der Waals surface area contributed by atoms with Gasteiger partial charge in [-0.1, -0.05) is 6.08 Å². The van der Waals surface area contributed by atoms with E-state index in [2.05, 4.69) is 4.90 Å². The second-order valence-electron chi connectivity index (χ2n) is 3.72. The standard InChI is InChI=1S/C10H18FNO/c1-12(2)7-8-13-10-5-3-9(11)4-6-10/h3,10H,4-8H2,1-2H3. The fraction of sp³-hybridized carbons (Fsp3) is 0.800. The third kappa shape index (κ3) is 4.39. The lowest BCUT2D eigenvalue weighted by molar-refractivity contribution is 0.0364. The highest BCUT2D eigenvalue weighted by atomic mass is 19.1. The van der Waals surface area contributed by atoms with Crippen molar-refractivity contribution < 1.29 is 9.13 Å². The molecule has 76 valence electrons. The number of allylic oxidation sites excluding steroid dienone is 1. The molecule has 1 aliphatic rings. The first kappa shape index (κ1) is 10.7. The van der Waals surface area contributed by atoms with Crippen LogP contribution in [-0.4, -0.2) is 38.3 Å². The van der Waals surface area contributed by atoms with Crippen LogP contribution in [-0.2, 0) is 4.74 Å². The zero-order chi connectivity index (χ0) is 9.68. The lowest BCUT2D eigenvalue weighted by Crippen LogP contribution is -2.23. The minimum absolute atomic E-state index is 0.0208. The molecule has 0 aromatic heterocycles. The first-order valence-electron chi connectivity index (χ1n) is 4.79. The molecule has 0 saturated heterocycles. The summed E-state index contributed by atoms with van der Waals surface area (Å²) in [5.74, 6) is 0.0208. The van der Waals surface area contributed by atoms with Crippen LogP contribution in [0.1, 0.15) is 19.3 Å². The molecule has 0 amide bonds. The van der Waals surface area contributed by atoms with Crippen molar-refractivity contribution in [3.05, 3.63) is 11.9 Å². The third-order valence-electron chi connectivity index (χ3n) is 2.20. The van der Waals surface area contributed by atoms with Crippen molar-refractivity contribution in [2.45, 2.75) is 25.4 Å². The fourth-order valence-electron chi connectivity index (χ4n) is 1.33. The van der Waals surface area contributed by atoms with Gasteiger partial charge in [-0.05, 0) is 26.9 Å². The van der Waals surface area contributed by atoms with Crippen LogP contribution in [0.5, 0.6) is 0 Å². The Morgan fingerprint density at radius 1 is 1.62 bits per heavy atom. The van der Waals surface area contributed by atoms with Crippen molar-refractivity contribution in [2.24, 2.45) is 0 Å². The topological polar surface area (TPSA) is 12.5 Å². The van der Waals surface area contributed by atoms with E-state index in [1.54, 1.807) is 6.08 Å². The van der Waals surface area contributed by atoms with Crippen LogP contribution in [0, 0.1) is 0 Å². The smallest absolute Gasteiger partial charge is 0.0961 e. The van der Waals surface area contributed by atoms with Gasteiger partial charge < -0.3 is 9.64 Å². The largest absolute Gasteiger partial charge is 0.377 e. The van der Waals surface area contributed by atoms with E-state index in [0.29, 0.717) is 6.42 Å². The Labute approximate surface area is 79.4 Å². The highest BCUT2D eigenvalue weighted by molar-refractivity contribution is 4.98. The molecule has 0 bridgehead atoms. The minimum atomic E-state index is 0.0208. The van der Waals surface area contributed by atoms with Gasteiger partial charge in [-0.3, -0.25) is 0 Å². The lowest BCUT2D eigenvalue weighted by Gasteiger charge is -2.20. The predicted molar refractivity (Wildman–Crippen MR) is 51.3 cm³/mol. The first-order valence-corrected chi connectivity index (χ1v) is 4.79. The van der Waals surface area contributed by atoms with Gasteiger partial charge in [0.2, 0.25) is 0 Å². The lowest BCUT2D eigenvalue weighted by atomic mass is 10.0. The van der Waals surface area contributed by atoms with Crippen LogP contribution >= 0.6 is 0 Å². The Bertz CT molecular complexity index is 180. The molecule has 0 fully saturated rings. The maximum atomic E-state index is 12.6. The second-order valence-corrected chi connectivity index (χ2v) is 3.72. The Morgan fingerprint density at radius 2 is 2.38 bits per heavy atom. The molecular formula is C10H18FNO. The van der Waals surface area contributed by atoms with E-state index in [0.717, 1.165) is 26.0 Å². The van der Waals surface area contributed by atoms with Crippen LogP contribution in [0.2, 0.25) is 0 Å². The first-order chi connectivity index (χ1) is 6.18.